The molecule has 0 amide bonds. The third-order valence-electron chi connectivity index (χ3n) is 5.82. The summed E-state index contributed by atoms with van der Waals surface area (Å²) in [4.78, 5) is 25.0. The first-order chi connectivity index (χ1) is 17.7. The van der Waals surface area contributed by atoms with Gasteiger partial charge in [-0.1, -0.05) is 0 Å². The first kappa shape index (κ1) is 24.5. The molecule has 5 rings (SSSR count). The second kappa shape index (κ2) is 10.1. The molecule has 15 heteroatoms. The van der Waals surface area contributed by atoms with Gasteiger partial charge >= 0.3 is 18.2 Å². The van der Waals surface area contributed by atoms with E-state index < -0.39 is 11.3 Å². The second-order valence-corrected chi connectivity index (χ2v) is 8.57. The zero-order chi connectivity index (χ0) is 26.0. The topological polar surface area (TPSA) is 130 Å². The van der Waals surface area contributed by atoms with Gasteiger partial charge in [0.05, 0.1) is 12.6 Å². The van der Waals surface area contributed by atoms with Crippen LogP contribution in [0.15, 0.2) is 42.9 Å². The maximum Gasteiger partial charge on any atom is 0.573 e. The Labute approximate surface area is 208 Å². The van der Waals surface area contributed by atoms with Gasteiger partial charge in [-0.3, -0.25) is 4.57 Å². The summed E-state index contributed by atoms with van der Waals surface area (Å²) in [5, 5.41) is 14.2. The van der Waals surface area contributed by atoms with Crippen molar-refractivity contribution in [2.24, 2.45) is 0 Å². The van der Waals surface area contributed by atoms with E-state index in [2.05, 4.69) is 25.0 Å². The third kappa shape index (κ3) is 6.17. The van der Waals surface area contributed by atoms with Crippen molar-refractivity contribution < 1.29 is 32.3 Å². The lowest BCUT2D eigenvalue weighted by atomic mass is 10.2. The van der Waals surface area contributed by atoms with Crippen LogP contribution in [-0.2, 0) is 13.1 Å². The summed E-state index contributed by atoms with van der Waals surface area (Å²) >= 11 is 0. The van der Waals surface area contributed by atoms with Gasteiger partial charge < -0.3 is 34.5 Å². The minimum Gasteiger partial charge on any atom is -0.489 e. The van der Waals surface area contributed by atoms with Crippen LogP contribution in [0, 0.1) is 10.1 Å². The Morgan fingerprint density at radius 2 is 1.89 bits per heavy atom. The lowest BCUT2D eigenvalue weighted by Gasteiger charge is -2.23. The SMILES string of the molecule is O=[N+]([O-])c1cn2c(n1)OCC(NCc1cnc(N3CCC(Oc4ccc(OC(F)(F)F)cc4)C3)nc1)C2. The predicted octanol–water partition coefficient (Wildman–Crippen LogP) is 2.69. The van der Waals surface area contributed by atoms with Crippen LogP contribution in [0.1, 0.15) is 12.0 Å². The number of hydrogen-bond acceptors (Lipinski definition) is 10. The van der Waals surface area contributed by atoms with Crippen LogP contribution in [0.2, 0.25) is 0 Å². The Balaban J connectivity index is 1.09. The zero-order valence-electron chi connectivity index (χ0n) is 19.3. The van der Waals surface area contributed by atoms with E-state index in [1.807, 2.05) is 4.90 Å². The summed E-state index contributed by atoms with van der Waals surface area (Å²) in [5.41, 5.74) is 0.860. The Kier molecular flexibility index (Phi) is 6.69. The first-order valence-electron chi connectivity index (χ1n) is 11.4. The molecule has 4 heterocycles. The zero-order valence-corrected chi connectivity index (χ0v) is 19.3. The van der Waals surface area contributed by atoms with Gasteiger partial charge in [-0.05, 0) is 29.2 Å². The molecule has 2 atom stereocenters. The highest BCUT2D eigenvalue weighted by Gasteiger charge is 2.31. The van der Waals surface area contributed by atoms with Gasteiger partial charge in [-0.15, -0.1) is 13.2 Å². The van der Waals surface area contributed by atoms with Crippen molar-refractivity contribution in [2.45, 2.75) is 38.0 Å². The summed E-state index contributed by atoms with van der Waals surface area (Å²) in [5.74, 6) is 0.456. The lowest BCUT2D eigenvalue weighted by molar-refractivity contribution is -0.389. The van der Waals surface area contributed by atoms with Gasteiger partial charge in [-0.2, -0.15) is 0 Å². The van der Waals surface area contributed by atoms with E-state index in [-0.39, 0.29) is 29.7 Å². The number of anilines is 1. The standard InChI is InChI=1S/C22H22F3N7O5/c23-22(24,25)37-17-3-1-16(2-4-17)36-18-5-6-30(11-18)20-27-8-14(9-28-20)7-26-15-10-31-12-19(32(33)34)29-21(31)35-13-15/h1-4,8-9,12,15,18,26H,5-7,10-11,13H2. The van der Waals surface area contributed by atoms with Crippen LogP contribution in [0.5, 0.6) is 17.5 Å². The summed E-state index contributed by atoms with van der Waals surface area (Å²) in [6.45, 7) is 2.52. The van der Waals surface area contributed by atoms with E-state index in [0.29, 0.717) is 50.9 Å². The number of benzene rings is 1. The highest BCUT2D eigenvalue weighted by molar-refractivity contribution is 5.34. The molecule has 1 saturated heterocycles. The molecule has 12 nitrogen and oxygen atoms in total. The van der Waals surface area contributed by atoms with E-state index >= 15 is 0 Å². The Hall–Kier alpha value is -4.14. The third-order valence-corrected chi connectivity index (χ3v) is 5.82. The van der Waals surface area contributed by atoms with Crippen molar-refractivity contribution in [3.63, 3.8) is 0 Å². The number of imidazole rings is 1. The van der Waals surface area contributed by atoms with Gasteiger partial charge in [0.25, 0.3) is 0 Å². The van der Waals surface area contributed by atoms with E-state index in [0.717, 1.165) is 5.56 Å². The number of alkyl halides is 3. The number of fused-ring (bicyclic) bond motifs is 1. The fraction of sp³-hybridized carbons (Fsp3) is 0.409. The maximum atomic E-state index is 12.3. The summed E-state index contributed by atoms with van der Waals surface area (Å²) < 4.78 is 53.8. The van der Waals surface area contributed by atoms with Crippen LogP contribution in [0.4, 0.5) is 24.9 Å². The van der Waals surface area contributed by atoms with Crippen molar-refractivity contribution in [3.8, 4) is 17.5 Å². The highest BCUT2D eigenvalue weighted by atomic mass is 19.4. The Morgan fingerprint density at radius 1 is 1.16 bits per heavy atom. The van der Waals surface area contributed by atoms with Crippen molar-refractivity contribution >= 4 is 11.8 Å². The number of rotatable bonds is 8. The van der Waals surface area contributed by atoms with Crippen molar-refractivity contribution in [3.05, 3.63) is 58.5 Å². The quantitative estimate of drug-likeness (QED) is 0.349. The van der Waals surface area contributed by atoms with Crippen molar-refractivity contribution in [1.29, 1.82) is 0 Å². The summed E-state index contributed by atoms with van der Waals surface area (Å²) in [7, 11) is 0. The fourth-order valence-corrected chi connectivity index (χ4v) is 4.09. The normalized spacial score (nSPS) is 19.3. The Morgan fingerprint density at radius 3 is 2.59 bits per heavy atom. The van der Waals surface area contributed by atoms with Crippen LogP contribution >= 0.6 is 0 Å². The van der Waals surface area contributed by atoms with Gasteiger partial charge in [0.2, 0.25) is 5.95 Å². The largest absolute Gasteiger partial charge is 0.573 e. The molecule has 0 radical (unpaired) electrons. The molecule has 196 valence electrons. The average molecular weight is 521 g/mol. The van der Waals surface area contributed by atoms with E-state index in [4.69, 9.17) is 9.47 Å². The number of halogens is 3. The number of nitro groups is 1. The number of nitrogens with zero attached hydrogens (tertiary/aromatic N) is 6. The molecule has 0 bridgehead atoms. The van der Waals surface area contributed by atoms with E-state index in [1.54, 1.807) is 17.0 Å². The molecule has 0 aliphatic carbocycles. The molecule has 0 saturated carbocycles. The van der Waals surface area contributed by atoms with Gasteiger partial charge in [0.15, 0.2) is 0 Å². The smallest absolute Gasteiger partial charge is 0.489 e. The minimum atomic E-state index is -4.74. The number of hydrogen-bond donors (Lipinski definition) is 1. The predicted molar refractivity (Wildman–Crippen MR) is 121 cm³/mol. The monoisotopic (exact) mass is 521 g/mol. The minimum absolute atomic E-state index is 0.0634. The van der Waals surface area contributed by atoms with Crippen LogP contribution in [0.3, 0.4) is 0 Å². The molecule has 1 N–H and O–H groups in total. The van der Waals surface area contributed by atoms with Crippen molar-refractivity contribution in [2.75, 3.05) is 24.6 Å². The summed E-state index contributed by atoms with van der Waals surface area (Å²) in [6.07, 6.45) is 0.615. The highest BCUT2D eigenvalue weighted by Crippen LogP contribution is 2.27. The molecule has 1 aromatic carbocycles. The maximum absolute atomic E-state index is 12.3. The van der Waals surface area contributed by atoms with Gasteiger partial charge in [0, 0.05) is 49.0 Å². The lowest BCUT2D eigenvalue weighted by Crippen LogP contribution is -2.41. The molecular weight excluding hydrogens is 499 g/mol. The second-order valence-electron chi connectivity index (χ2n) is 8.57. The Bertz CT molecular complexity index is 1240. The van der Waals surface area contributed by atoms with Crippen LogP contribution in [0.25, 0.3) is 0 Å². The molecular formula is C22H22F3N7O5. The summed E-state index contributed by atoms with van der Waals surface area (Å²) in [6, 6.07) is 5.47. The van der Waals surface area contributed by atoms with E-state index in [1.165, 1.54) is 30.5 Å². The van der Waals surface area contributed by atoms with E-state index in [9.17, 15) is 23.3 Å². The molecule has 37 heavy (non-hydrogen) atoms. The molecule has 3 aromatic rings. The number of aromatic nitrogens is 4. The number of ether oxygens (including phenoxy) is 3. The molecule has 0 spiro atoms. The molecule has 2 aromatic heterocycles. The molecule has 2 unspecified atom stereocenters. The van der Waals surface area contributed by atoms with Crippen LogP contribution < -0.4 is 24.4 Å². The average Bonchev–Trinajstić information content (AvgIpc) is 3.50. The van der Waals surface area contributed by atoms with Gasteiger partial charge in [0.1, 0.15) is 30.4 Å². The van der Waals surface area contributed by atoms with Crippen LogP contribution in [-0.4, -0.2) is 62.6 Å². The molecule has 2 aliphatic heterocycles. The van der Waals surface area contributed by atoms with Crippen molar-refractivity contribution in [1.82, 2.24) is 24.8 Å². The molecule has 2 aliphatic rings. The number of nitrogens with one attached hydrogen (secondary N) is 1. The fourth-order valence-electron chi connectivity index (χ4n) is 4.09. The first-order valence-corrected chi connectivity index (χ1v) is 11.4. The molecule has 1 fully saturated rings. The van der Waals surface area contributed by atoms with Gasteiger partial charge in [-0.25, -0.2) is 9.97 Å².